The zero-order chi connectivity index (χ0) is 14.0. The summed E-state index contributed by atoms with van der Waals surface area (Å²) < 4.78 is 25.9. The second-order valence-corrected chi connectivity index (χ2v) is 5.00. The Labute approximate surface area is 120 Å². The predicted molar refractivity (Wildman–Crippen MR) is 74.9 cm³/mol. The standard InChI is InChI=1S/C14H11Cl2F2N/c1-8(11-6-9(15)2-4-12(11)16)19-10-3-5-13(17)14(18)7-10/h2-8,19H,1H3. The van der Waals surface area contributed by atoms with Crippen LogP contribution in [0.2, 0.25) is 10.0 Å². The fourth-order valence-electron chi connectivity index (χ4n) is 1.76. The summed E-state index contributed by atoms with van der Waals surface area (Å²) in [6.45, 7) is 1.86. The smallest absolute Gasteiger partial charge is 0.160 e. The van der Waals surface area contributed by atoms with Crippen LogP contribution in [0.25, 0.3) is 0 Å². The molecule has 0 saturated heterocycles. The van der Waals surface area contributed by atoms with Crippen molar-refractivity contribution in [2.24, 2.45) is 0 Å². The van der Waals surface area contributed by atoms with Gasteiger partial charge in [0.05, 0.1) is 6.04 Å². The van der Waals surface area contributed by atoms with Crippen LogP contribution in [-0.2, 0) is 0 Å². The van der Waals surface area contributed by atoms with Crippen LogP contribution in [0.15, 0.2) is 36.4 Å². The fraction of sp³-hybridized carbons (Fsp3) is 0.143. The zero-order valence-electron chi connectivity index (χ0n) is 10.1. The number of benzene rings is 2. The van der Waals surface area contributed by atoms with E-state index >= 15 is 0 Å². The highest BCUT2D eigenvalue weighted by atomic mass is 35.5. The lowest BCUT2D eigenvalue weighted by molar-refractivity contribution is 0.509. The highest BCUT2D eigenvalue weighted by Gasteiger charge is 2.11. The van der Waals surface area contributed by atoms with Crippen LogP contribution < -0.4 is 5.32 Å². The Balaban J connectivity index is 2.22. The van der Waals surface area contributed by atoms with Gasteiger partial charge in [-0.05, 0) is 42.8 Å². The number of halogens is 4. The van der Waals surface area contributed by atoms with Crippen molar-refractivity contribution in [2.45, 2.75) is 13.0 Å². The van der Waals surface area contributed by atoms with E-state index in [9.17, 15) is 8.78 Å². The van der Waals surface area contributed by atoms with Crippen molar-refractivity contribution in [1.29, 1.82) is 0 Å². The number of hydrogen-bond acceptors (Lipinski definition) is 1. The third-order valence-electron chi connectivity index (χ3n) is 2.73. The van der Waals surface area contributed by atoms with E-state index in [2.05, 4.69) is 5.32 Å². The van der Waals surface area contributed by atoms with Crippen molar-refractivity contribution in [3.8, 4) is 0 Å². The van der Waals surface area contributed by atoms with E-state index in [0.717, 1.165) is 17.7 Å². The molecule has 0 aliphatic carbocycles. The number of hydrogen-bond donors (Lipinski definition) is 1. The molecule has 0 bridgehead atoms. The van der Waals surface area contributed by atoms with E-state index < -0.39 is 11.6 Å². The number of nitrogens with one attached hydrogen (secondary N) is 1. The Bertz CT molecular complexity index is 602. The van der Waals surface area contributed by atoms with E-state index in [0.29, 0.717) is 15.7 Å². The molecule has 2 rings (SSSR count). The zero-order valence-corrected chi connectivity index (χ0v) is 11.6. The number of anilines is 1. The fourth-order valence-corrected chi connectivity index (χ4v) is 2.22. The monoisotopic (exact) mass is 301 g/mol. The molecule has 0 radical (unpaired) electrons. The summed E-state index contributed by atoms with van der Waals surface area (Å²) in [5.74, 6) is -1.77. The molecule has 0 fully saturated rings. The van der Waals surface area contributed by atoms with Crippen LogP contribution in [-0.4, -0.2) is 0 Å². The van der Waals surface area contributed by atoms with Gasteiger partial charge in [-0.2, -0.15) is 0 Å². The van der Waals surface area contributed by atoms with Crippen LogP contribution in [0.5, 0.6) is 0 Å². The van der Waals surface area contributed by atoms with Gasteiger partial charge in [-0.15, -0.1) is 0 Å². The second kappa shape index (κ2) is 5.76. The lowest BCUT2D eigenvalue weighted by atomic mass is 10.1. The second-order valence-electron chi connectivity index (χ2n) is 4.16. The van der Waals surface area contributed by atoms with Crippen LogP contribution in [0.1, 0.15) is 18.5 Å². The molecule has 0 aliphatic rings. The average Bonchev–Trinajstić information content (AvgIpc) is 2.36. The molecule has 0 amide bonds. The van der Waals surface area contributed by atoms with E-state index in [4.69, 9.17) is 23.2 Å². The first kappa shape index (κ1) is 14.1. The minimum absolute atomic E-state index is 0.184. The Hall–Kier alpha value is -1.32. The van der Waals surface area contributed by atoms with Gasteiger partial charge in [0.15, 0.2) is 11.6 Å². The van der Waals surface area contributed by atoms with Crippen molar-refractivity contribution in [3.63, 3.8) is 0 Å². The van der Waals surface area contributed by atoms with Crippen molar-refractivity contribution >= 4 is 28.9 Å². The van der Waals surface area contributed by atoms with Crippen LogP contribution in [0.3, 0.4) is 0 Å². The predicted octanol–water partition coefficient (Wildman–Crippen LogP) is 5.44. The maximum absolute atomic E-state index is 13.1. The molecule has 2 aromatic carbocycles. The van der Waals surface area contributed by atoms with Gasteiger partial charge in [-0.1, -0.05) is 23.2 Å². The number of rotatable bonds is 3. The lowest BCUT2D eigenvalue weighted by Crippen LogP contribution is -2.07. The maximum atomic E-state index is 13.1. The van der Waals surface area contributed by atoms with E-state index in [1.54, 1.807) is 18.2 Å². The molecule has 0 aromatic heterocycles. The third kappa shape index (κ3) is 3.37. The molecule has 100 valence electrons. The van der Waals surface area contributed by atoms with E-state index in [1.807, 2.05) is 6.92 Å². The van der Waals surface area contributed by atoms with Gasteiger partial charge in [-0.25, -0.2) is 8.78 Å². The van der Waals surface area contributed by atoms with Crippen molar-refractivity contribution in [3.05, 3.63) is 63.6 Å². The normalized spacial score (nSPS) is 12.3. The van der Waals surface area contributed by atoms with Gasteiger partial charge in [0.1, 0.15) is 0 Å². The molecule has 1 unspecified atom stereocenters. The summed E-state index contributed by atoms with van der Waals surface area (Å²) in [5, 5.41) is 4.17. The van der Waals surface area contributed by atoms with E-state index in [-0.39, 0.29) is 6.04 Å². The molecule has 1 N–H and O–H groups in total. The van der Waals surface area contributed by atoms with Gasteiger partial charge >= 0.3 is 0 Å². The SMILES string of the molecule is CC(Nc1ccc(F)c(F)c1)c1cc(Cl)ccc1Cl. The summed E-state index contributed by atoms with van der Waals surface area (Å²) in [4.78, 5) is 0. The molecule has 2 aromatic rings. The Morgan fingerprint density at radius 2 is 1.74 bits per heavy atom. The summed E-state index contributed by atoms with van der Waals surface area (Å²) in [5.41, 5.74) is 1.27. The quantitative estimate of drug-likeness (QED) is 0.795. The summed E-state index contributed by atoms with van der Waals surface area (Å²) >= 11 is 12.0. The highest BCUT2D eigenvalue weighted by Crippen LogP contribution is 2.28. The van der Waals surface area contributed by atoms with Gasteiger partial charge in [0, 0.05) is 21.8 Å². The van der Waals surface area contributed by atoms with Crippen LogP contribution in [0, 0.1) is 11.6 Å². The first-order valence-electron chi connectivity index (χ1n) is 5.64. The molecule has 0 spiro atoms. The Kier molecular flexibility index (Phi) is 4.27. The maximum Gasteiger partial charge on any atom is 0.160 e. The van der Waals surface area contributed by atoms with Crippen LogP contribution >= 0.6 is 23.2 Å². The third-order valence-corrected chi connectivity index (χ3v) is 3.31. The molecule has 0 aliphatic heterocycles. The van der Waals surface area contributed by atoms with Gasteiger partial charge in [0.25, 0.3) is 0 Å². The first-order chi connectivity index (χ1) is 8.97. The molecule has 19 heavy (non-hydrogen) atoms. The molecule has 1 atom stereocenters. The van der Waals surface area contributed by atoms with Crippen molar-refractivity contribution in [1.82, 2.24) is 0 Å². The summed E-state index contributed by atoms with van der Waals surface area (Å²) in [6, 6.07) is 8.58. The molecule has 0 saturated carbocycles. The highest BCUT2D eigenvalue weighted by molar-refractivity contribution is 6.33. The topological polar surface area (TPSA) is 12.0 Å². The molecule has 5 heteroatoms. The average molecular weight is 302 g/mol. The molecular weight excluding hydrogens is 291 g/mol. The lowest BCUT2D eigenvalue weighted by Gasteiger charge is -2.17. The van der Waals surface area contributed by atoms with E-state index in [1.165, 1.54) is 6.07 Å². The largest absolute Gasteiger partial charge is 0.378 e. The summed E-state index contributed by atoms with van der Waals surface area (Å²) in [6.07, 6.45) is 0. The summed E-state index contributed by atoms with van der Waals surface area (Å²) in [7, 11) is 0. The molecule has 0 heterocycles. The van der Waals surface area contributed by atoms with Crippen molar-refractivity contribution < 1.29 is 8.78 Å². The van der Waals surface area contributed by atoms with Gasteiger partial charge in [0.2, 0.25) is 0 Å². The van der Waals surface area contributed by atoms with Gasteiger partial charge < -0.3 is 5.32 Å². The van der Waals surface area contributed by atoms with Crippen LogP contribution in [0.4, 0.5) is 14.5 Å². The van der Waals surface area contributed by atoms with Crippen molar-refractivity contribution in [2.75, 3.05) is 5.32 Å². The Morgan fingerprint density at radius 3 is 2.42 bits per heavy atom. The molecular formula is C14H11Cl2F2N. The minimum Gasteiger partial charge on any atom is -0.378 e. The Morgan fingerprint density at radius 1 is 1.00 bits per heavy atom. The molecule has 1 nitrogen and oxygen atoms in total. The first-order valence-corrected chi connectivity index (χ1v) is 6.39. The van der Waals surface area contributed by atoms with Gasteiger partial charge in [-0.3, -0.25) is 0 Å². The minimum atomic E-state index is -0.894.